The molecule has 0 atom stereocenters. The average molecular weight is 185 g/mol. The van der Waals surface area contributed by atoms with Crippen LogP contribution in [0.4, 0.5) is 8.78 Å². The molecule has 12 heavy (non-hydrogen) atoms. The Morgan fingerprint density at radius 3 is 2.92 bits per heavy atom. The maximum absolute atomic E-state index is 12.2. The van der Waals surface area contributed by atoms with Crippen LogP contribution < -0.4 is 0 Å². The second-order valence-electron chi connectivity index (χ2n) is 2.38. The largest absolute Gasteiger partial charge is 0.263 e. The molecule has 2 aromatic rings. The van der Waals surface area contributed by atoms with Gasteiger partial charge in [-0.05, 0) is 12.1 Å². The molecule has 0 radical (unpaired) electrons. The fraction of sp³-hybridized carbons (Fsp3) is 0.125. The van der Waals surface area contributed by atoms with Gasteiger partial charge < -0.3 is 0 Å². The molecule has 2 rings (SSSR count). The fourth-order valence-electron chi connectivity index (χ4n) is 1.01. The molecule has 0 saturated heterocycles. The molecule has 1 heterocycles. The van der Waals surface area contributed by atoms with Gasteiger partial charge in [0.15, 0.2) is 0 Å². The lowest BCUT2D eigenvalue weighted by Crippen LogP contribution is -1.82. The summed E-state index contributed by atoms with van der Waals surface area (Å²) in [6.45, 7) is 0. The highest BCUT2D eigenvalue weighted by atomic mass is 32.1. The molecule has 4 heteroatoms. The number of aromatic nitrogens is 1. The van der Waals surface area contributed by atoms with Crippen molar-refractivity contribution in [2.45, 2.75) is 6.43 Å². The van der Waals surface area contributed by atoms with Crippen molar-refractivity contribution >= 4 is 21.6 Å². The molecule has 1 aromatic carbocycles. The van der Waals surface area contributed by atoms with Crippen molar-refractivity contribution < 1.29 is 8.78 Å². The zero-order chi connectivity index (χ0) is 8.55. The number of alkyl halides is 2. The summed E-state index contributed by atoms with van der Waals surface area (Å²) in [6.07, 6.45) is -2.41. The van der Waals surface area contributed by atoms with Gasteiger partial charge in [-0.1, -0.05) is 6.07 Å². The molecule has 0 N–H and O–H groups in total. The van der Waals surface area contributed by atoms with E-state index in [4.69, 9.17) is 0 Å². The highest BCUT2D eigenvalue weighted by Crippen LogP contribution is 2.24. The molecular formula is C8H5F2NS. The van der Waals surface area contributed by atoms with Crippen molar-refractivity contribution in [3.8, 4) is 0 Å². The molecule has 0 amide bonds. The van der Waals surface area contributed by atoms with Gasteiger partial charge in [-0.15, -0.1) is 11.3 Å². The van der Waals surface area contributed by atoms with Crippen LogP contribution in [0.5, 0.6) is 0 Å². The normalized spacial score (nSPS) is 11.2. The van der Waals surface area contributed by atoms with Crippen LogP contribution in [0.25, 0.3) is 10.2 Å². The Kier molecular flexibility index (Phi) is 1.77. The lowest BCUT2D eigenvalue weighted by Gasteiger charge is -1.96. The Morgan fingerprint density at radius 1 is 1.33 bits per heavy atom. The summed E-state index contributed by atoms with van der Waals surface area (Å²) in [5.74, 6) is 0. The minimum absolute atomic E-state index is 0.0356. The topological polar surface area (TPSA) is 12.9 Å². The summed E-state index contributed by atoms with van der Waals surface area (Å²) in [7, 11) is 0. The maximum atomic E-state index is 12.2. The van der Waals surface area contributed by atoms with E-state index in [2.05, 4.69) is 4.98 Å². The van der Waals surface area contributed by atoms with Crippen molar-refractivity contribution in [3.05, 3.63) is 29.3 Å². The first kappa shape index (κ1) is 7.61. The Hall–Kier alpha value is -1.03. The third-order valence-electron chi connectivity index (χ3n) is 1.61. The molecule has 1 nitrogen and oxygen atoms in total. The molecule has 0 saturated carbocycles. The number of halogens is 2. The summed E-state index contributed by atoms with van der Waals surface area (Å²) < 4.78 is 25.3. The van der Waals surface area contributed by atoms with Crippen molar-refractivity contribution in [2.24, 2.45) is 0 Å². The summed E-state index contributed by atoms with van der Waals surface area (Å²) in [5.41, 5.74) is 2.34. The third-order valence-corrected chi connectivity index (χ3v) is 2.42. The highest BCUT2D eigenvalue weighted by molar-refractivity contribution is 7.16. The molecule has 1 aromatic heterocycles. The average Bonchev–Trinajstić information content (AvgIpc) is 2.49. The predicted molar refractivity (Wildman–Crippen MR) is 44.6 cm³/mol. The van der Waals surface area contributed by atoms with Crippen LogP contribution in [-0.2, 0) is 0 Å². The van der Waals surface area contributed by atoms with E-state index in [9.17, 15) is 8.78 Å². The number of benzene rings is 1. The van der Waals surface area contributed by atoms with Gasteiger partial charge in [-0.3, -0.25) is 0 Å². The Bertz CT molecular complexity index is 397. The number of hydrogen-bond donors (Lipinski definition) is 0. The minimum Gasteiger partial charge on any atom is -0.245 e. The summed E-state index contributed by atoms with van der Waals surface area (Å²) in [5, 5.41) is 0. The van der Waals surface area contributed by atoms with Crippen LogP contribution in [-0.4, -0.2) is 4.98 Å². The van der Waals surface area contributed by atoms with Gasteiger partial charge in [0, 0.05) is 5.56 Å². The van der Waals surface area contributed by atoms with E-state index in [-0.39, 0.29) is 5.56 Å². The predicted octanol–water partition coefficient (Wildman–Crippen LogP) is 3.23. The number of hydrogen-bond acceptors (Lipinski definition) is 2. The minimum atomic E-state index is -2.41. The van der Waals surface area contributed by atoms with E-state index < -0.39 is 6.43 Å². The van der Waals surface area contributed by atoms with Gasteiger partial charge in [0.05, 0.1) is 15.7 Å². The number of nitrogens with zero attached hydrogens (tertiary/aromatic N) is 1. The highest BCUT2D eigenvalue weighted by Gasteiger charge is 2.07. The van der Waals surface area contributed by atoms with E-state index in [0.29, 0.717) is 5.52 Å². The SMILES string of the molecule is FC(F)c1ccc2scnc2c1. The first-order valence-corrected chi connectivity index (χ1v) is 4.26. The lowest BCUT2D eigenvalue weighted by molar-refractivity contribution is 0.151. The second kappa shape index (κ2) is 2.79. The van der Waals surface area contributed by atoms with E-state index in [0.717, 1.165) is 4.70 Å². The summed E-state index contributed by atoms with van der Waals surface area (Å²) >= 11 is 1.45. The number of rotatable bonds is 1. The van der Waals surface area contributed by atoms with Crippen LogP contribution in [0.2, 0.25) is 0 Å². The summed E-state index contributed by atoms with van der Waals surface area (Å²) in [4.78, 5) is 3.95. The molecule has 0 aliphatic carbocycles. The molecular weight excluding hydrogens is 180 g/mol. The zero-order valence-corrected chi connectivity index (χ0v) is 6.81. The van der Waals surface area contributed by atoms with Crippen molar-refractivity contribution in [1.82, 2.24) is 4.98 Å². The van der Waals surface area contributed by atoms with Crippen LogP contribution in [0.3, 0.4) is 0 Å². The first-order valence-electron chi connectivity index (χ1n) is 3.38. The van der Waals surface area contributed by atoms with E-state index in [1.807, 2.05) is 0 Å². The Balaban J connectivity index is 2.60. The monoisotopic (exact) mass is 185 g/mol. The molecule has 0 aliphatic rings. The van der Waals surface area contributed by atoms with E-state index in [1.54, 1.807) is 11.6 Å². The van der Waals surface area contributed by atoms with Gasteiger partial charge in [0.2, 0.25) is 0 Å². The first-order chi connectivity index (χ1) is 5.77. The van der Waals surface area contributed by atoms with Crippen molar-refractivity contribution in [2.75, 3.05) is 0 Å². The van der Waals surface area contributed by atoms with Gasteiger partial charge >= 0.3 is 0 Å². The van der Waals surface area contributed by atoms with Gasteiger partial charge in [0.1, 0.15) is 0 Å². The molecule has 62 valence electrons. The fourth-order valence-corrected chi connectivity index (χ4v) is 1.67. The molecule has 0 spiro atoms. The van der Waals surface area contributed by atoms with Crippen LogP contribution in [0, 0.1) is 0 Å². The lowest BCUT2D eigenvalue weighted by atomic mass is 10.2. The Labute approximate surface area is 71.7 Å². The van der Waals surface area contributed by atoms with Gasteiger partial charge in [0.25, 0.3) is 6.43 Å². The van der Waals surface area contributed by atoms with Crippen molar-refractivity contribution in [1.29, 1.82) is 0 Å². The third kappa shape index (κ3) is 1.18. The van der Waals surface area contributed by atoms with E-state index >= 15 is 0 Å². The smallest absolute Gasteiger partial charge is 0.245 e. The molecule has 0 unspecified atom stereocenters. The van der Waals surface area contributed by atoms with Crippen molar-refractivity contribution in [3.63, 3.8) is 0 Å². The van der Waals surface area contributed by atoms with E-state index in [1.165, 1.54) is 23.5 Å². The quantitative estimate of drug-likeness (QED) is 0.664. The molecule has 0 bridgehead atoms. The number of fused-ring (bicyclic) bond motifs is 1. The van der Waals surface area contributed by atoms with Crippen LogP contribution in [0.1, 0.15) is 12.0 Å². The van der Waals surface area contributed by atoms with Gasteiger partial charge in [-0.25, -0.2) is 13.8 Å². The standard InChI is InChI=1S/C8H5F2NS/c9-8(10)5-1-2-7-6(3-5)11-4-12-7/h1-4,8H. The molecule has 0 fully saturated rings. The second-order valence-corrected chi connectivity index (χ2v) is 3.27. The Morgan fingerprint density at radius 2 is 2.17 bits per heavy atom. The van der Waals surface area contributed by atoms with Gasteiger partial charge in [-0.2, -0.15) is 0 Å². The van der Waals surface area contributed by atoms with Crippen LogP contribution in [0.15, 0.2) is 23.7 Å². The zero-order valence-electron chi connectivity index (χ0n) is 6.00. The summed E-state index contributed by atoms with van der Waals surface area (Å²) in [6, 6.07) is 4.54. The maximum Gasteiger partial charge on any atom is 0.263 e. The molecule has 0 aliphatic heterocycles. The number of thiazole rings is 1. The van der Waals surface area contributed by atoms with Crippen LogP contribution >= 0.6 is 11.3 Å².